The number of nitro groups is 1. The summed E-state index contributed by atoms with van der Waals surface area (Å²) in [5.74, 6) is -0.579. The van der Waals surface area contributed by atoms with Gasteiger partial charge in [0.05, 0.1) is 21.9 Å². The first-order chi connectivity index (χ1) is 14.2. The Morgan fingerprint density at radius 2 is 1.83 bits per heavy atom. The van der Waals surface area contributed by atoms with Crippen molar-refractivity contribution in [3.05, 3.63) is 76.3 Å². The second-order valence-corrected chi connectivity index (χ2v) is 6.98. The van der Waals surface area contributed by atoms with Gasteiger partial charge in [-0.3, -0.25) is 14.9 Å². The zero-order chi connectivity index (χ0) is 21.7. The molecule has 11 heteroatoms. The molecule has 1 heterocycles. The van der Waals surface area contributed by atoms with Gasteiger partial charge in [0, 0.05) is 23.4 Å². The van der Waals surface area contributed by atoms with Crippen molar-refractivity contribution < 1.29 is 22.9 Å². The summed E-state index contributed by atoms with van der Waals surface area (Å²) < 4.78 is 38.2. The van der Waals surface area contributed by atoms with Gasteiger partial charge >= 0.3 is 6.18 Å². The van der Waals surface area contributed by atoms with Crippen molar-refractivity contribution in [1.29, 1.82) is 0 Å². The molecule has 1 N–H and O–H groups in total. The van der Waals surface area contributed by atoms with E-state index in [1.54, 1.807) is 18.2 Å². The van der Waals surface area contributed by atoms with Crippen LogP contribution in [-0.2, 0) is 11.0 Å². The van der Waals surface area contributed by atoms with E-state index in [1.165, 1.54) is 30.3 Å². The van der Waals surface area contributed by atoms with Crippen molar-refractivity contribution in [1.82, 2.24) is 10.2 Å². The average molecular weight is 434 g/mol. The molecule has 3 aromatic rings. The molecule has 0 fully saturated rings. The van der Waals surface area contributed by atoms with Crippen molar-refractivity contribution in [2.24, 2.45) is 0 Å². The number of nitrogens with one attached hydrogen (secondary N) is 1. The monoisotopic (exact) mass is 434 g/mol. The highest BCUT2D eigenvalue weighted by molar-refractivity contribution is 7.99. The maximum absolute atomic E-state index is 12.7. The van der Waals surface area contributed by atoms with Gasteiger partial charge in [0.2, 0.25) is 5.91 Å². The number of benzene rings is 2. The molecule has 0 aliphatic carbocycles. The summed E-state index contributed by atoms with van der Waals surface area (Å²) in [6.45, 7) is 0. The number of nitrogens with zero attached hydrogens (tertiary/aromatic N) is 3. The molecule has 0 unspecified atom stereocenters. The lowest BCUT2D eigenvalue weighted by molar-refractivity contribution is -0.384. The van der Waals surface area contributed by atoms with Crippen LogP contribution in [0, 0.1) is 10.1 Å². The minimum absolute atomic E-state index is 0.0440. The second-order valence-electron chi connectivity index (χ2n) is 5.98. The van der Waals surface area contributed by atoms with Crippen molar-refractivity contribution >= 4 is 29.0 Å². The normalized spacial score (nSPS) is 11.2. The second kappa shape index (κ2) is 8.91. The van der Waals surface area contributed by atoms with Gasteiger partial charge in [-0.2, -0.15) is 13.2 Å². The van der Waals surface area contributed by atoms with Gasteiger partial charge in [0.1, 0.15) is 5.03 Å². The van der Waals surface area contributed by atoms with Gasteiger partial charge < -0.3 is 5.32 Å². The molecule has 7 nitrogen and oxygen atoms in total. The minimum Gasteiger partial charge on any atom is -0.325 e. The van der Waals surface area contributed by atoms with E-state index < -0.39 is 22.6 Å². The molecule has 2 aromatic carbocycles. The number of amides is 1. The summed E-state index contributed by atoms with van der Waals surface area (Å²) in [5, 5.41) is 21.7. The van der Waals surface area contributed by atoms with Crippen LogP contribution in [0.1, 0.15) is 5.56 Å². The summed E-state index contributed by atoms with van der Waals surface area (Å²) >= 11 is 1.05. The van der Waals surface area contributed by atoms with Crippen LogP contribution in [-0.4, -0.2) is 26.8 Å². The summed E-state index contributed by atoms with van der Waals surface area (Å²) in [7, 11) is 0. The molecule has 1 aromatic heterocycles. The summed E-state index contributed by atoms with van der Waals surface area (Å²) in [6, 6.07) is 13.5. The van der Waals surface area contributed by atoms with Crippen LogP contribution >= 0.6 is 11.8 Å². The third kappa shape index (κ3) is 5.54. The lowest BCUT2D eigenvalue weighted by atomic mass is 10.1. The fourth-order valence-corrected chi connectivity index (χ4v) is 3.05. The first-order valence-electron chi connectivity index (χ1n) is 8.41. The van der Waals surface area contributed by atoms with Gasteiger partial charge in [-0.25, -0.2) is 0 Å². The lowest BCUT2D eigenvalue weighted by Gasteiger charge is -2.09. The summed E-state index contributed by atoms with van der Waals surface area (Å²) in [5.41, 5.74) is 0.0732. The van der Waals surface area contributed by atoms with Crippen molar-refractivity contribution in [2.45, 2.75) is 11.2 Å². The topological polar surface area (TPSA) is 98.0 Å². The van der Waals surface area contributed by atoms with Crippen LogP contribution in [0.3, 0.4) is 0 Å². The number of carbonyl (C=O) groups excluding carboxylic acids is 1. The maximum atomic E-state index is 12.7. The van der Waals surface area contributed by atoms with Gasteiger partial charge in [-0.1, -0.05) is 30.0 Å². The Kier molecular flexibility index (Phi) is 6.31. The van der Waals surface area contributed by atoms with Crippen molar-refractivity contribution in [2.75, 3.05) is 11.1 Å². The number of anilines is 1. The van der Waals surface area contributed by atoms with Gasteiger partial charge in [-0.15, -0.1) is 10.2 Å². The number of carbonyl (C=O) groups is 1. The zero-order valence-electron chi connectivity index (χ0n) is 15.1. The third-order valence-corrected chi connectivity index (χ3v) is 4.74. The Bertz CT molecular complexity index is 1080. The molecule has 0 atom stereocenters. The summed E-state index contributed by atoms with van der Waals surface area (Å²) in [4.78, 5) is 22.4. The molecule has 0 bridgehead atoms. The molecule has 0 saturated carbocycles. The van der Waals surface area contributed by atoms with E-state index in [2.05, 4.69) is 15.5 Å². The zero-order valence-corrected chi connectivity index (χ0v) is 15.9. The quantitative estimate of drug-likeness (QED) is 0.340. The standard InChI is InChI=1S/C19H13F3N4O3S/c20-19(21,22)13-4-2-5-14(10-13)23-17(27)11-30-18-8-7-16(24-25-18)12-3-1-6-15(9-12)26(28)29/h1-10H,11H2,(H,23,27). The minimum atomic E-state index is -4.49. The largest absolute Gasteiger partial charge is 0.416 e. The van der Waals surface area contributed by atoms with E-state index in [0.717, 1.165) is 23.9 Å². The molecule has 3 rings (SSSR count). The number of halogens is 3. The molecule has 1 amide bonds. The molecule has 0 aliphatic heterocycles. The van der Waals surface area contributed by atoms with Gasteiger partial charge in [0.15, 0.2) is 0 Å². The number of hydrogen-bond donors (Lipinski definition) is 1. The SMILES string of the molecule is O=C(CSc1ccc(-c2cccc([N+](=O)[O-])c2)nn1)Nc1cccc(C(F)(F)F)c1. The van der Waals surface area contributed by atoms with Gasteiger partial charge in [-0.05, 0) is 30.3 Å². The third-order valence-electron chi connectivity index (χ3n) is 3.82. The molecule has 0 radical (unpaired) electrons. The number of rotatable bonds is 6. The Morgan fingerprint density at radius 1 is 1.07 bits per heavy atom. The van der Waals surface area contributed by atoms with Crippen LogP contribution in [0.4, 0.5) is 24.5 Å². The van der Waals surface area contributed by atoms with E-state index in [4.69, 9.17) is 0 Å². The number of nitro benzene ring substituents is 1. The number of alkyl halides is 3. The first-order valence-corrected chi connectivity index (χ1v) is 9.39. The van der Waals surface area contributed by atoms with Crippen LogP contribution in [0.25, 0.3) is 11.3 Å². The smallest absolute Gasteiger partial charge is 0.325 e. The van der Waals surface area contributed by atoms with Crippen LogP contribution in [0.15, 0.2) is 65.7 Å². The fourth-order valence-electron chi connectivity index (χ4n) is 2.44. The Hall–Kier alpha value is -3.47. The highest BCUT2D eigenvalue weighted by Crippen LogP contribution is 2.30. The number of thioether (sulfide) groups is 1. The van der Waals surface area contributed by atoms with E-state index in [-0.39, 0.29) is 17.1 Å². The molecule has 0 saturated heterocycles. The Morgan fingerprint density at radius 3 is 2.50 bits per heavy atom. The molecule has 0 aliphatic rings. The van der Waals surface area contributed by atoms with E-state index in [1.807, 2.05) is 0 Å². The number of non-ortho nitro benzene ring substituents is 1. The van der Waals surface area contributed by atoms with Crippen molar-refractivity contribution in [3.8, 4) is 11.3 Å². The first kappa shape index (κ1) is 21.2. The lowest BCUT2D eigenvalue weighted by Crippen LogP contribution is -2.15. The highest BCUT2D eigenvalue weighted by Gasteiger charge is 2.30. The number of aromatic nitrogens is 2. The molecule has 0 spiro atoms. The molecule has 154 valence electrons. The van der Waals surface area contributed by atoms with Crippen LogP contribution < -0.4 is 5.32 Å². The van der Waals surface area contributed by atoms with E-state index in [9.17, 15) is 28.1 Å². The highest BCUT2D eigenvalue weighted by atomic mass is 32.2. The Labute approximate surface area is 172 Å². The van der Waals surface area contributed by atoms with E-state index in [0.29, 0.717) is 16.3 Å². The average Bonchev–Trinajstić information content (AvgIpc) is 2.72. The summed E-state index contributed by atoms with van der Waals surface area (Å²) in [6.07, 6.45) is -4.49. The predicted molar refractivity (Wildman–Crippen MR) is 105 cm³/mol. The predicted octanol–water partition coefficient (Wildman–Crippen LogP) is 4.80. The van der Waals surface area contributed by atoms with Crippen molar-refractivity contribution in [3.63, 3.8) is 0 Å². The molecular formula is C19H13F3N4O3S. The molecule has 30 heavy (non-hydrogen) atoms. The maximum Gasteiger partial charge on any atom is 0.416 e. The van der Waals surface area contributed by atoms with Crippen LogP contribution in [0.2, 0.25) is 0 Å². The van der Waals surface area contributed by atoms with Crippen LogP contribution in [0.5, 0.6) is 0 Å². The van der Waals surface area contributed by atoms with E-state index >= 15 is 0 Å². The number of hydrogen-bond acceptors (Lipinski definition) is 6. The fraction of sp³-hybridized carbons (Fsp3) is 0.105. The molecular weight excluding hydrogens is 421 g/mol. The van der Waals surface area contributed by atoms with Gasteiger partial charge in [0.25, 0.3) is 5.69 Å². The Balaban J connectivity index is 1.59.